The Morgan fingerprint density at radius 1 is 0.906 bits per heavy atom. The Morgan fingerprint density at radius 3 is 2.31 bits per heavy atom. The zero-order valence-corrected chi connectivity index (χ0v) is 18.3. The Labute approximate surface area is 185 Å². The lowest BCUT2D eigenvalue weighted by atomic mass is 10.1. The van der Waals surface area contributed by atoms with Crippen molar-refractivity contribution in [3.63, 3.8) is 0 Å². The van der Waals surface area contributed by atoms with Gasteiger partial charge in [0.25, 0.3) is 0 Å². The summed E-state index contributed by atoms with van der Waals surface area (Å²) in [6.45, 7) is 2.11. The first-order chi connectivity index (χ1) is 15.4. The number of furan rings is 1. The average molecular weight is 431 g/mol. The quantitative estimate of drug-likeness (QED) is 0.453. The molecule has 4 rings (SSSR count). The van der Waals surface area contributed by atoms with E-state index in [4.69, 9.17) is 9.15 Å². The number of nitrogens with zero attached hydrogens (tertiary/aromatic N) is 1. The molecule has 164 valence electrons. The molecule has 3 aromatic carbocycles. The lowest BCUT2D eigenvalue weighted by Crippen LogP contribution is -2.36. The van der Waals surface area contributed by atoms with Crippen LogP contribution in [0, 0.1) is 6.92 Å². The number of fused-ring (bicyclic) bond motifs is 3. The van der Waals surface area contributed by atoms with Gasteiger partial charge in [-0.1, -0.05) is 35.9 Å². The molecular formula is C25H25N3O4. The number of rotatable bonds is 7. The lowest BCUT2D eigenvalue weighted by molar-refractivity contribution is -0.119. The van der Waals surface area contributed by atoms with Crippen LogP contribution in [0.15, 0.2) is 65.1 Å². The number of ether oxygens (including phenoxy) is 1. The maximum atomic E-state index is 12.6. The number of hydrogen-bond donors (Lipinski definition) is 2. The van der Waals surface area contributed by atoms with Crippen molar-refractivity contribution in [3.05, 3.63) is 66.2 Å². The standard InChI is InChI=1S/C25H25N3O4/c1-16-8-10-17(11-9-16)26-24(29)14-28(2)15-25(30)27-20-13-22-19(12-23(20)31-3)18-6-4-5-7-21(18)32-22/h4-13H,14-15H2,1-3H3,(H,26,29)(H,27,30). The van der Waals surface area contributed by atoms with Gasteiger partial charge in [-0.3, -0.25) is 14.5 Å². The Bertz CT molecular complexity index is 1280. The van der Waals surface area contributed by atoms with Gasteiger partial charge in [0.05, 0.1) is 25.9 Å². The third-order valence-corrected chi connectivity index (χ3v) is 5.14. The number of amides is 2. The fourth-order valence-electron chi connectivity index (χ4n) is 3.59. The van der Waals surface area contributed by atoms with Crippen LogP contribution in [0.1, 0.15) is 5.56 Å². The number of carbonyl (C=O) groups excluding carboxylic acids is 2. The summed E-state index contributed by atoms with van der Waals surface area (Å²) in [7, 11) is 3.27. The van der Waals surface area contributed by atoms with Crippen molar-refractivity contribution in [2.24, 2.45) is 0 Å². The van der Waals surface area contributed by atoms with Gasteiger partial charge in [0.1, 0.15) is 16.9 Å². The Hall–Kier alpha value is -3.84. The molecule has 0 radical (unpaired) electrons. The molecular weight excluding hydrogens is 406 g/mol. The van der Waals surface area contributed by atoms with E-state index in [-0.39, 0.29) is 24.9 Å². The normalized spacial score (nSPS) is 11.1. The van der Waals surface area contributed by atoms with Crippen molar-refractivity contribution in [1.82, 2.24) is 4.90 Å². The maximum absolute atomic E-state index is 12.6. The van der Waals surface area contributed by atoms with Gasteiger partial charge in [0.2, 0.25) is 11.8 Å². The molecule has 7 heteroatoms. The van der Waals surface area contributed by atoms with Crippen molar-refractivity contribution >= 4 is 45.1 Å². The van der Waals surface area contributed by atoms with Crippen LogP contribution in [-0.4, -0.2) is 44.0 Å². The number of anilines is 2. The molecule has 7 nitrogen and oxygen atoms in total. The van der Waals surface area contributed by atoms with E-state index in [0.717, 1.165) is 27.6 Å². The van der Waals surface area contributed by atoms with Crippen molar-refractivity contribution in [1.29, 1.82) is 0 Å². The van der Waals surface area contributed by atoms with Crippen LogP contribution in [0.2, 0.25) is 0 Å². The number of hydrogen-bond acceptors (Lipinski definition) is 5. The third-order valence-electron chi connectivity index (χ3n) is 5.14. The molecule has 4 aromatic rings. The third kappa shape index (κ3) is 4.73. The number of benzene rings is 3. The Balaban J connectivity index is 1.41. The first-order valence-corrected chi connectivity index (χ1v) is 10.3. The van der Waals surface area contributed by atoms with Crippen molar-refractivity contribution in [2.75, 3.05) is 37.9 Å². The smallest absolute Gasteiger partial charge is 0.238 e. The van der Waals surface area contributed by atoms with Gasteiger partial charge < -0.3 is 19.8 Å². The second-order valence-electron chi connectivity index (χ2n) is 7.78. The number of likely N-dealkylation sites (N-methyl/N-ethyl adjacent to an activating group) is 1. The van der Waals surface area contributed by atoms with Gasteiger partial charge >= 0.3 is 0 Å². The highest BCUT2D eigenvalue weighted by molar-refractivity contribution is 6.08. The summed E-state index contributed by atoms with van der Waals surface area (Å²) >= 11 is 0. The Morgan fingerprint density at radius 2 is 1.59 bits per heavy atom. The van der Waals surface area contributed by atoms with E-state index in [9.17, 15) is 9.59 Å². The van der Waals surface area contributed by atoms with Crippen LogP contribution in [0.4, 0.5) is 11.4 Å². The first kappa shape index (κ1) is 21.4. The number of aryl methyl sites for hydroxylation is 1. The van der Waals surface area contributed by atoms with E-state index in [1.807, 2.05) is 61.5 Å². The molecule has 2 N–H and O–H groups in total. The number of para-hydroxylation sites is 1. The van der Waals surface area contributed by atoms with Crippen LogP contribution >= 0.6 is 0 Å². The minimum atomic E-state index is -0.260. The molecule has 1 heterocycles. The highest BCUT2D eigenvalue weighted by atomic mass is 16.5. The highest BCUT2D eigenvalue weighted by Crippen LogP contribution is 2.36. The molecule has 1 aromatic heterocycles. The second kappa shape index (κ2) is 9.11. The summed E-state index contributed by atoms with van der Waals surface area (Å²) < 4.78 is 11.4. The summed E-state index contributed by atoms with van der Waals surface area (Å²) in [6.07, 6.45) is 0. The molecule has 0 saturated carbocycles. The molecule has 0 aliphatic heterocycles. The monoisotopic (exact) mass is 431 g/mol. The van der Waals surface area contributed by atoms with Gasteiger partial charge in [0, 0.05) is 22.5 Å². The van der Waals surface area contributed by atoms with E-state index in [1.54, 1.807) is 25.1 Å². The van der Waals surface area contributed by atoms with Crippen LogP contribution in [0.25, 0.3) is 21.9 Å². The molecule has 0 aliphatic rings. The maximum Gasteiger partial charge on any atom is 0.238 e. The Kier molecular flexibility index (Phi) is 6.09. The summed E-state index contributed by atoms with van der Waals surface area (Å²) in [5.74, 6) is 0.0898. The fraction of sp³-hybridized carbons (Fsp3) is 0.200. The minimum absolute atomic E-state index is 0.0443. The summed E-state index contributed by atoms with van der Waals surface area (Å²) in [6, 6.07) is 18.9. The summed E-state index contributed by atoms with van der Waals surface area (Å²) in [5.41, 5.74) is 3.79. The van der Waals surface area contributed by atoms with Crippen LogP contribution in [-0.2, 0) is 9.59 Å². The molecule has 0 saturated heterocycles. The van der Waals surface area contributed by atoms with Gasteiger partial charge in [-0.25, -0.2) is 0 Å². The summed E-state index contributed by atoms with van der Waals surface area (Å²) in [4.78, 5) is 26.5. The molecule has 2 amide bonds. The zero-order valence-electron chi connectivity index (χ0n) is 18.3. The minimum Gasteiger partial charge on any atom is -0.495 e. The SMILES string of the molecule is COc1cc2c(cc1NC(=O)CN(C)CC(=O)Nc1ccc(C)cc1)oc1ccccc12. The zero-order chi connectivity index (χ0) is 22.7. The van der Waals surface area contributed by atoms with Crippen molar-refractivity contribution in [3.8, 4) is 5.75 Å². The molecule has 0 spiro atoms. The van der Waals surface area contributed by atoms with Gasteiger partial charge in [0.15, 0.2) is 0 Å². The second-order valence-corrected chi connectivity index (χ2v) is 7.78. The van der Waals surface area contributed by atoms with E-state index in [1.165, 1.54) is 0 Å². The van der Waals surface area contributed by atoms with E-state index < -0.39 is 0 Å². The topological polar surface area (TPSA) is 83.8 Å². The number of methoxy groups -OCH3 is 1. The highest BCUT2D eigenvalue weighted by Gasteiger charge is 2.16. The van der Waals surface area contributed by atoms with E-state index in [0.29, 0.717) is 17.0 Å². The average Bonchev–Trinajstić information content (AvgIpc) is 3.11. The van der Waals surface area contributed by atoms with Crippen molar-refractivity contribution in [2.45, 2.75) is 6.92 Å². The predicted octanol–water partition coefficient (Wildman–Crippen LogP) is 4.41. The van der Waals surface area contributed by atoms with Crippen LogP contribution in [0.5, 0.6) is 5.75 Å². The van der Waals surface area contributed by atoms with Crippen molar-refractivity contribution < 1.29 is 18.7 Å². The predicted molar refractivity (Wildman–Crippen MR) is 126 cm³/mol. The largest absolute Gasteiger partial charge is 0.495 e. The van der Waals surface area contributed by atoms with Crippen LogP contribution in [0.3, 0.4) is 0 Å². The molecule has 0 atom stereocenters. The molecule has 0 bridgehead atoms. The van der Waals surface area contributed by atoms with Gasteiger partial charge in [-0.05, 0) is 38.2 Å². The summed E-state index contributed by atoms with van der Waals surface area (Å²) in [5, 5.41) is 7.59. The fourth-order valence-corrected chi connectivity index (χ4v) is 3.59. The van der Waals surface area contributed by atoms with E-state index in [2.05, 4.69) is 10.6 Å². The van der Waals surface area contributed by atoms with Gasteiger partial charge in [-0.2, -0.15) is 0 Å². The first-order valence-electron chi connectivity index (χ1n) is 10.3. The lowest BCUT2D eigenvalue weighted by Gasteiger charge is -2.17. The van der Waals surface area contributed by atoms with Gasteiger partial charge in [-0.15, -0.1) is 0 Å². The molecule has 0 unspecified atom stereocenters. The molecule has 32 heavy (non-hydrogen) atoms. The molecule has 0 aliphatic carbocycles. The number of nitrogens with one attached hydrogen (secondary N) is 2. The number of carbonyl (C=O) groups is 2. The molecule has 0 fully saturated rings. The van der Waals surface area contributed by atoms with Crippen LogP contribution < -0.4 is 15.4 Å². The van der Waals surface area contributed by atoms with E-state index >= 15 is 0 Å².